The van der Waals surface area contributed by atoms with Crippen molar-refractivity contribution in [3.63, 3.8) is 0 Å². The van der Waals surface area contributed by atoms with E-state index in [1.165, 1.54) is 11.1 Å². The summed E-state index contributed by atoms with van der Waals surface area (Å²) in [4.78, 5) is 2.36. The fraction of sp³-hybridized carbons (Fsp3) is 0.0909. The van der Waals surface area contributed by atoms with E-state index in [0.29, 0.717) is 0 Å². The molecule has 0 aromatic heterocycles. The minimum atomic E-state index is 0.848. The smallest absolute Gasteiger partial charge is 0.0445 e. The summed E-state index contributed by atoms with van der Waals surface area (Å²) in [5.41, 5.74) is 4.78. The SMILES string of the molecule is [CH]=Cc1ccccc1N(Cc1ccccc1)Cc1ccccc1. The van der Waals surface area contributed by atoms with Crippen LogP contribution in [0.4, 0.5) is 5.69 Å². The predicted molar refractivity (Wildman–Crippen MR) is 98.0 cm³/mol. The molecule has 0 saturated carbocycles. The predicted octanol–water partition coefficient (Wildman–Crippen LogP) is 5.34. The van der Waals surface area contributed by atoms with Crippen molar-refractivity contribution in [1.29, 1.82) is 0 Å². The molecule has 23 heavy (non-hydrogen) atoms. The first-order valence-corrected chi connectivity index (χ1v) is 7.83. The lowest BCUT2D eigenvalue weighted by atomic mass is 10.1. The zero-order chi connectivity index (χ0) is 15.9. The lowest BCUT2D eigenvalue weighted by Gasteiger charge is -2.27. The summed E-state index contributed by atoms with van der Waals surface area (Å²) in [6.45, 7) is 7.52. The van der Waals surface area contributed by atoms with Crippen LogP contribution in [0.1, 0.15) is 16.7 Å². The summed E-state index contributed by atoms with van der Waals surface area (Å²) in [5, 5.41) is 0. The quantitative estimate of drug-likeness (QED) is 0.594. The van der Waals surface area contributed by atoms with Crippen molar-refractivity contribution in [1.82, 2.24) is 0 Å². The van der Waals surface area contributed by atoms with E-state index in [0.717, 1.165) is 24.3 Å². The normalized spacial score (nSPS) is 10.3. The Kier molecular flexibility index (Phi) is 4.90. The van der Waals surface area contributed by atoms with Crippen molar-refractivity contribution < 1.29 is 0 Å². The van der Waals surface area contributed by atoms with Gasteiger partial charge in [-0.15, -0.1) is 0 Å². The fourth-order valence-electron chi connectivity index (χ4n) is 2.75. The van der Waals surface area contributed by atoms with E-state index in [-0.39, 0.29) is 0 Å². The molecule has 0 aliphatic heterocycles. The third kappa shape index (κ3) is 3.89. The molecule has 3 aromatic carbocycles. The number of hydrogen-bond donors (Lipinski definition) is 0. The van der Waals surface area contributed by atoms with Crippen LogP contribution in [0.15, 0.2) is 84.9 Å². The van der Waals surface area contributed by atoms with Gasteiger partial charge >= 0.3 is 0 Å². The first-order chi connectivity index (χ1) is 11.4. The van der Waals surface area contributed by atoms with Crippen LogP contribution in [-0.2, 0) is 13.1 Å². The topological polar surface area (TPSA) is 3.24 Å². The Morgan fingerprint density at radius 2 is 1.13 bits per heavy atom. The van der Waals surface area contributed by atoms with Crippen LogP contribution in [0.25, 0.3) is 6.08 Å². The minimum absolute atomic E-state index is 0.848. The number of rotatable bonds is 6. The molecule has 0 bridgehead atoms. The number of anilines is 1. The summed E-state index contributed by atoms with van der Waals surface area (Å²) >= 11 is 0. The molecular formula is C22H20N. The Hall–Kier alpha value is -2.80. The van der Waals surface area contributed by atoms with Crippen LogP contribution in [0, 0.1) is 6.58 Å². The lowest BCUT2D eigenvalue weighted by Crippen LogP contribution is -2.22. The second-order valence-electron chi connectivity index (χ2n) is 5.55. The number of hydrogen-bond acceptors (Lipinski definition) is 1. The van der Waals surface area contributed by atoms with Gasteiger partial charge in [-0.05, 0) is 22.8 Å². The van der Waals surface area contributed by atoms with E-state index in [2.05, 4.69) is 71.6 Å². The standard InChI is InChI=1S/C22H20N/c1-2-21-15-9-10-16-22(21)23(17-19-11-5-3-6-12-19)18-20-13-7-4-8-14-20/h1-16H,17-18H2. The van der Waals surface area contributed by atoms with Gasteiger partial charge in [0.25, 0.3) is 0 Å². The van der Waals surface area contributed by atoms with Crippen LogP contribution in [0.5, 0.6) is 0 Å². The highest BCUT2D eigenvalue weighted by Crippen LogP contribution is 2.25. The highest BCUT2D eigenvalue weighted by molar-refractivity contribution is 5.66. The van der Waals surface area contributed by atoms with Crippen molar-refractivity contribution in [2.24, 2.45) is 0 Å². The van der Waals surface area contributed by atoms with E-state index >= 15 is 0 Å². The fourth-order valence-corrected chi connectivity index (χ4v) is 2.75. The van der Waals surface area contributed by atoms with Gasteiger partial charge in [-0.3, -0.25) is 0 Å². The summed E-state index contributed by atoms with van der Waals surface area (Å²) in [6, 6.07) is 29.3. The maximum Gasteiger partial charge on any atom is 0.0445 e. The largest absolute Gasteiger partial charge is 0.362 e. The van der Waals surface area contributed by atoms with Crippen molar-refractivity contribution >= 4 is 11.8 Å². The molecule has 0 N–H and O–H groups in total. The molecule has 1 nitrogen and oxygen atoms in total. The van der Waals surface area contributed by atoms with Gasteiger partial charge in [-0.25, -0.2) is 0 Å². The molecule has 0 amide bonds. The number of nitrogens with zero attached hydrogens (tertiary/aromatic N) is 1. The third-order valence-corrected chi connectivity index (χ3v) is 3.89. The van der Waals surface area contributed by atoms with Crippen LogP contribution >= 0.6 is 0 Å². The summed E-state index contributed by atoms with van der Waals surface area (Å²) in [7, 11) is 0. The highest BCUT2D eigenvalue weighted by Gasteiger charge is 2.11. The average Bonchev–Trinajstić information content (AvgIpc) is 2.63. The zero-order valence-electron chi connectivity index (χ0n) is 13.1. The van der Waals surface area contributed by atoms with Crippen molar-refractivity contribution in [2.45, 2.75) is 13.1 Å². The molecule has 0 unspecified atom stereocenters. The molecule has 113 valence electrons. The number of para-hydroxylation sites is 1. The molecule has 0 aliphatic carbocycles. The Labute approximate surface area is 138 Å². The summed E-state index contributed by atoms with van der Waals surface area (Å²) in [6.07, 6.45) is 1.68. The van der Waals surface area contributed by atoms with Gasteiger partial charge in [-0.2, -0.15) is 0 Å². The van der Waals surface area contributed by atoms with Gasteiger partial charge < -0.3 is 4.90 Å². The Morgan fingerprint density at radius 1 is 0.652 bits per heavy atom. The highest BCUT2D eigenvalue weighted by atomic mass is 15.1. The van der Waals surface area contributed by atoms with Crippen LogP contribution in [-0.4, -0.2) is 0 Å². The molecule has 0 spiro atoms. The molecule has 1 radical (unpaired) electrons. The first-order valence-electron chi connectivity index (χ1n) is 7.83. The monoisotopic (exact) mass is 298 g/mol. The van der Waals surface area contributed by atoms with Crippen molar-refractivity contribution in [3.8, 4) is 0 Å². The van der Waals surface area contributed by atoms with Gasteiger partial charge in [0.05, 0.1) is 0 Å². The second kappa shape index (κ2) is 7.46. The molecular weight excluding hydrogens is 278 g/mol. The lowest BCUT2D eigenvalue weighted by molar-refractivity contribution is 0.799. The minimum Gasteiger partial charge on any atom is -0.362 e. The third-order valence-electron chi connectivity index (χ3n) is 3.89. The Bertz CT molecular complexity index is 706. The van der Waals surface area contributed by atoms with E-state index in [4.69, 9.17) is 6.58 Å². The van der Waals surface area contributed by atoms with Gasteiger partial charge in [-0.1, -0.05) is 91.5 Å². The van der Waals surface area contributed by atoms with Crippen LogP contribution in [0.3, 0.4) is 0 Å². The Morgan fingerprint density at radius 3 is 1.65 bits per heavy atom. The van der Waals surface area contributed by atoms with E-state index in [1.807, 2.05) is 18.2 Å². The second-order valence-corrected chi connectivity index (χ2v) is 5.55. The Balaban J connectivity index is 1.94. The van der Waals surface area contributed by atoms with Gasteiger partial charge in [0.15, 0.2) is 0 Å². The molecule has 0 atom stereocenters. The van der Waals surface area contributed by atoms with Gasteiger partial charge in [0.1, 0.15) is 0 Å². The van der Waals surface area contributed by atoms with Gasteiger partial charge in [0.2, 0.25) is 0 Å². The van der Waals surface area contributed by atoms with E-state index in [9.17, 15) is 0 Å². The average molecular weight is 298 g/mol. The van der Waals surface area contributed by atoms with E-state index in [1.54, 1.807) is 6.08 Å². The molecule has 3 aromatic rings. The number of benzene rings is 3. The maximum absolute atomic E-state index is 5.82. The molecule has 0 aliphatic rings. The first kappa shape index (κ1) is 15.1. The van der Waals surface area contributed by atoms with E-state index < -0.39 is 0 Å². The van der Waals surface area contributed by atoms with Crippen LogP contribution in [0.2, 0.25) is 0 Å². The van der Waals surface area contributed by atoms with Crippen molar-refractivity contribution in [3.05, 3.63) is 108 Å². The maximum atomic E-state index is 5.82. The molecule has 1 heteroatoms. The molecule has 3 rings (SSSR count). The molecule has 0 fully saturated rings. The summed E-state index contributed by atoms with van der Waals surface area (Å²) in [5.74, 6) is 0. The molecule has 0 heterocycles. The van der Waals surface area contributed by atoms with Crippen LogP contribution < -0.4 is 4.90 Å². The molecule has 0 saturated heterocycles. The van der Waals surface area contributed by atoms with Gasteiger partial charge in [0, 0.05) is 18.8 Å². The summed E-state index contributed by atoms with van der Waals surface area (Å²) < 4.78 is 0. The van der Waals surface area contributed by atoms with Crippen molar-refractivity contribution in [2.75, 3.05) is 4.90 Å². The zero-order valence-corrected chi connectivity index (χ0v) is 13.1.